The first kappa shape index (κ1) is 15.6. The molecule has 19 heavy (non-hydrogen) atoms. The minimum atomic E-state index is -0.501. The van der Waals surface area contributed by atoms with Crippen molar-refractivity contribution in [1.82, 2.24) is 14.9 Å². The van der Waals surface area contributed by atoms with Gasteiger partial charge in [-0.15, -0.1) is 0 Å². The number of nitro groups is 1. The monoisotopic (exact) mass is 301 g/mol. The third-order valence-electron chi connectivity index (χ3n) is 2.41. The zero-order valence-electron chi connectivity index (χ0n) is 10.9. The van der Waals surface area contributed by atoms with Crippen molar-refractivity contribution < 1.29 is 4.92 Å². The maximum atomic E-state index is 11.1. The summed E-state index contributed by atoms with van der Waals surface area (Å²) < 4.78 is 0.564. The van der Waals surface area contributed by atoms with Crippen LogP contribution in [0.25, 0.3) is 0 Å². The zero-order valence-corrected chi connectivity index (χ0v) is 12.5. The van der Waals surface area contributed by atoms with Crippen LogP contribution in [-0.4, -0.2) is 44.2 Å². The number of rotatable bonds is 5. The summed E-state index contributed by atoms with van der Waals surface area (Å²) in [5, 5.41) is 14.0. The highest BCUT2D eigenvalue weighted by molar-refractivity contribution is 8.22. The Morgan fingerprint density at radius 3 is 2.63 bits per heavy atom. The molecule has 0 aliphatic carbocycles. The lowest BCUT2D eigenvalue weighted by molar-refractivity contribution is -0.387. The van der Waals surface area contributed by atoms with E-state index in [1.807, 2.05) is 18.7 Å². The molecule has 0 radical (unpaired) electrons. The van der Waals surface area contributed by atoms with Gasteiger partial charge in [0, 0.05) is 20.1 Å². The van der Waals surface area contributed by atoms with Gasteiger partial charge in [-0.2, -0.15) is 0 Å². The van der Waals surface area contributed by atoms with Crippen LogP contribution in [0.1, 0.15) is 13.8 Å². The normalized spacial score (nSPS) is 10.1. The molecule has 0 unspecified atom stereocenters. The van der Waals surface area contributed by atoms with Crippen LogP contribution in [0.2, 0.25) is 0 Å². The van der Waals surface area contributed by atoms with Gasteiger partial charge in [0.15, 0.2) is 5.03 Å². The highest BCUT2D eigenvalue weighted by Gasteiger charge is 2.24. The standard InChI is InChI=1S/C10H15N5O2S2/c1-4-14(5-2)10(18)19-9-7(15(16)17)8(11-3)12-6-13-9/h6H,4-5H2,1-3H3,(H,11,12,13). The van der Waals surface area contributed by atoms with E-state index in [9.17, 15) is 10.1 Å². The average Bonchev–Trinajstić information content (AvgIpc) is 2.39. The molecular weight excluding hydrogens is 286 g/mol. The molecular formula is C10H15N5O2S2. The first-order chi connectivity index (χ1) is 9.04. The minimum Gasteiger partial charge on any atom is -0.367 e. The lowest BCUT2D eigenvalue weighted by Gasteiger charge is -2.20. The van der Waals surface area contributed by atoms with E-state index in [1.54, 1.807) is 7.05 Å². The Kier molecular flexibility index (Phi) is 5.90. The maximum absolute atomic E-state index is 11.1. The van der Waals surface area contributed by atoms with Crippen LogP contribution >= 0.6 is 24.0 Å². The lowest BCUT2D eigenvalue weighted by Crippen LogP contribution is -2.26. The fourth-order valence-electron chi connectivity index (χ4n) is 1.41. The zero-order chi connectivity index (χ0) is 14.4. The summed E-state index contributed by atoms with van der Waals surface area (Å²) in [5.74, 6) is 0.185. The topological polar surface area (TPSA) is 84.2 Å². The molecule has 0 aliphatic heterocycles. The highest BCUT2D eigenvalue weighted by atomic mass is 32.2. The summed E-state index contributed by atoms with van der Waals surface area (Å²) in [5.41, 5.74) is -0.149. The third kappa shape index (κ3) is 3.74. The summed E-state index contributed by atoms with van der Waals surface area (Å²) >= 11 is 6.38. The smallest absolute Gasteiger partial charge is 0.343 e. The molecule has 0 saturated carbocycles. The third-order valence-corrected chi connectivity index (χ3v) is 3.85. The lowest BCUT2D eigenvalue weighted by atomic mass is 10.5. The number of anilines is 1. The van der Waals surface area contributed by atoms with Crippen molar-refractivity contribution in [3.63, 3.8) is 0 Å². The van der Waals surface area contributed by atoms with E-state index < -0.39 is 4.92 Å². The summed E-state index contributed by atoms with van der Waals surface area (Å²) in [6, 6.07) is 0. The van der Waals surface area contributed by atoms with Crippen LogP contribution < -0.4 is 5.32 Å². The van der Waals surface area contributed by atoms with Crippen molar-refractivity contribution in [2.24, 2.45) is 0 Å². The van der Waals surface area contributed by atoms with Crippen molar-refractivity contribution >= 4 is 39.8 Å². The van der Waals surface area contributed by atoms with Gasteiger partial charge in [-0.1, -0.05) is 12.2 Å². The molecule has 0 saturated heterocycles. The average molecular weight is 301 g/mol. The van der Waals surface area contributed by atoms with Gasteiger partial charge < -0.3 is 10.2 Å². The number of aromatic nitrogens is 2. The summed E-state index contributed by atoms with van der Waals surface area (Å²) in [7, 11) is 1.58. The van der Waals surface area contributed by atoms with Crippen molar-refractivity contribution in [1.29, 1.82) is 0 Å². The minimum absolute atomic E-state index is 0.149. The van der Waals surface area contributed by atoms with Crippen LogP contribution in [-0.2, 0) is 0 Å². The largest absolute Gasteiger partial charge is 0.367 e. The quantitative estimate of drug-likeness (QED) is 0.291. The molecule has 0 atom stereocenters. The Hall–Kier alpha value is -1.48. The molecule has 7 nitrogen and oxygen atoms in total. The molecule has 0 bridgehead atoms. The van der Waals surface area contributed by atoms with Crippen LogP contribution in [0.4, 0.5) is 11.5 Å². The molecule has 1 heterocycles. The second-order valence-corrected chi connectivity index (χ2v) is 5.05. The molecule has 1 aromatic heterocycles. The first-order valence-electron chi connectivity index (χ1n) is 5.69. The molecule has 1 N–H and O–H groups in total. The van der Waals surface area contributed by atoms with E-state index in [4.69, 9.17) is 12.2 Å². The van der Waals surface area contributed by atoms with Crippen LogP contribution in [0.5, 0.6) is 0 Å². The first-order valence-corrected chi connectivity index (χ1v) is 6.91. The Balaban J connectivity index is 3.07. The van der Waals surface area contributed by atoms with E-state index in [0.717, 1.165) is 24.9 Å². The fourth-order valence-corrected chi connectivity index (χ4v) is 2.83. The highest BCUT2D eigenvalue weighted by Crippen LogP contribution is 2.33. The molecule has 0 aromatic carbocycles. The Morgan fingerprint density at radius 1 is 1.53 bits per heavy atom. The van der Waals surface area contributed by atoms with Crippen molar-refractivity contribution in [3.8, 4) is 0 Å². The van der Waals surface area contributed by atoms with E-state index in [1.165, 1.54) is 6.33 Å². The molecule has 1 aromatic rings. The molecule has 0 aliphatic rings. The second-order valence-electron chi connectivity index (χ2n) is 3.42. The Morgan fingerprint density at radius 2 is 2.16 bits per heavy atom. The molecule has 104 valence electrons. The van der Waals surface area contributed by atoms with E-state index in [0.29, 0.717) is 4.32 Å². The van der Waals surface area contributed by atoms with E-state index in [-0.39, 0.29) is 16.5 Å². The molecule has 0 fully saturated rings. The van der Waals surface area contributed by atoms with Gasteiger partial charge in [0.1, 0.15) is 10.6 Å². The molecule has 0 amide bonds. The number of thioether (sulfide) groups is 1. The van der Waals surface area contributed by atoms with Crippen LogP contribution in [0.15, 0.2) is 11.4 Å². The predicted octanol–water partition coefficient (Wildman–Crippen LogP) is 2.15. The van der Waals surface area contributed by atoms with Gasteiger partial charge in [-0.05, 0) is 25.6 Å². The molecule has 0 spiro atoms. The number of nitrogens with one attached hydrogen (secondary N) is 1. The summed E-state index contributed by atoms with van der Waals surface area (Å²) in [6.45, 7) is 5.45. The van der Waals surface area contributed by atoms with Gasteiger partial charge in [-0.3, -0.25) is 10.1 Å². The van der Waals surface area contributed by atoms with Gasteiger partial charge in [0.05, 0.1) is 4.92 Å². The van der Waals surface area contributed by atoms with E-state index >= 15 is 0 Å². The summed E-state index contributed by atoms with van der Waals surface area (Å²) in [4.78, 5) is 20.3. The van der Waals surface area contributed by atoms with Gasteiger partial charge in [0.2, 0.25) is 5.82 Å². The van der Waals surface area contributed by atoms with Crippen LogP contribution in [0, 0.1) is 10.1 Å². The molecule has 1 rings (SSSR count). The van der Waals surface area contributed by atoms with E-state index in [2.05, 4.69) is 15.3 Å². The van der Waals surface area contributed by atoms with Crippen molar-refractivity contribution in [2.45, 2.75) is 18.9 Å². The van der Waals surface area contributed by atoms with Gasteiger partial charge >= 0.3 is 5.69 Å². The van der Waals surface area contributed by atoms with Gasteiger partial charge in [-0.25, -0.2) is 9.97 Å². The number of nitrogens with zero attached hydrogens (tertiary/aromatic N) is 4. The number of hydrogen-bond donors (Lipinski definition) is 1. The summed E-state index contributed by atoms with van der Waals surface area (Å²) in [6.07, 6.45) is 1.28. The van der Waals surface area contributed by atoms with Crippen molar-refractivity contribution in [2.75, 3.05) is 25.5 Å². The van der Waals surface area contributed by atoms with Crippen molar-refractivity contribution in [3.05, 3.63) is 16.4 Å². The second kappa shape index (κ2) is 7.19. The Bertz CT molecular complexity index is 479. The predicted molar refractivity (Wildman–Crippen MR) is 79.6 cm³/mol. The Labute approximate surface area is 121 Å². The number of hydrogen-bond acceptors (Lipinski definition) is 7. The molecule has 9 heteroatoms. The maximum Gasteiger partial charge on any atom is 0.343 e. The fraction of sp³-hybridized carbons (Fsp3) is 0.500. The van der Waals surface area contributed by atoms with Gasteiger partial charge in [0.25, 0.3) is 0 Å². The SMILES string of the molecule is CCN(CC)C(=S)Sc1ncnc(NC)c1[N+](=O)[O-]. The number of thiocarbonyl (C=S) groups is 1. The van der Waals surface area contributed by atoms with Crippen LogP contribution in [0.3, 0.4) is 0 Å².